The third kappa shape index (κ3) is 4.90. The highest BCUT2D eigenvalue weighted by atomic mass is 32.2. The van der Waals surface area contributed by atoms with Gasteiger partial charge in [-0.1, -0.05) is 25.1 Å². The molecule has 0 saturated carbocycles. The van der Waals surface area contributed by atoms with Crippen LogP contribution in [-0.2, 0) is 14.8 Å². The van der Waals surface area contributed by atoms with Crippen molar-refractivity contribution in [1.29, 1.82) is 0 Å². The number of rotatable bonds is 2. The normalized spacial score (nSPS) is 18.0. The molecular weight excluding hydrogens is 344 g/mol. The third-order valence-electron chi connectivity index (χ3n) is 3.77. The van der Waals surface area contributed by atoms with E-state index in [1.54, 1.807) is 6.07 Å². The first kappa shape index (κ1) is 18.6. The fourth-order valence-electron chi connectivity index (χ4n) is 2.48. The lowest BCUT2D eigenvalue weighted by molar-refractivity contribution is -0.123. The molecule has 1 aromatic heterocycles. The lowest BCUT2D eigenvalue weighted by Crippen LogP contribution is -2.40. The first-order valence-corrected chi connectivity index (χ1v) is 10.1. The van der Waals surface area contributed by atoms with Gasteiger partial charge in [-0.05, 0) is 44.0 Å². The van der Waals surface area contributed by atoms with Gasteiger partial charge in [0.05, 0.1) is 0 Å². The minimum Gasteiger partial charge on any atom is -0.312 e. The molecule has 0 radical (unpaired) electrons. The van der Waals surface area contributed by atoms with E-state index in [9.17, 15) is 13.2 Å². The van der Waals surface area contributed by atoms with Gasteiger partial charge >= 0.3 is 0 Å². The van der Waals surface area contributed by atoms with E-state index in [4.69, 9.17) is 5.14 Å². The van der Waals surface area contributed by atoms with Crippen molar-refractivity contribution in [2.75, 3.05) is 11.4 Å². The summed E-state index contributed by atoms with van der Waals surface area (Å²) in [7, 11) is -3.46. The lowest BCUT2D eigenvalue weighted by atomic mass is 9.99. The zero-order valence-corrected chi connectivity index (χ0v) is 15.4. The highest BCUT2D eigenvalue weighted by Gasteiger charge is 2.25. The molecule has 2 heterocycles. The van der Waals surface area contributed by atoms with Gasteiger partial charge in [0.15, 0.2) is 0 Å². The fraction of sp³-hybridized carbons (Fsp3) is 0.353. The Kier molecular flexibility index (Phi) is 6.15. The van der Waals surface area contributed by atoms with Crippen molar-refractivity contribution in [1.82, 2.24) is 0 Å². The molecule has 1 atom stereocenters. The van der Waals surface area contributed by atoms with Gasteiger partial charge in [0.1, 0.15) is 4.21 Å². The summed E-state index contributed by atoms with van der Waals surface area (Å²) in [4.78, 5) is 14.7. The van der Waals surface area contributed by atoms with Gasteiger partial charge in [-0.15, -0.1) is 11.3 Å². The molecule has 1 amide bonds. The quantitative estimate of drug-likeness (QED) is 0.886. The van der Waals surface area contributed by atoms with Gasteiger partial charge in [-0.3, -0.25) is 4.79 Å². The molecule has 130 valence electrons. The number of anilines is 1. The predicted octanol–water partition coefficient (Wildman–Crippen LogP) is 3.15. The van der Waals surface area contributed by atoms with Crippen molar-refractivity contribution in [3.63, 3.8) is 0 Å². The maximum atomic E-state index is 11.9. The van der Waals surface area contributed by atoms with E-state index in [1.807, 2.05) is 49.1 Å². The minimum absolute atomic E-state index is 0.184. The summed E-state index contributed by atoms with van der Waals surface area (Å²) in [6.07, 6.45) is 2.14. The Labute approximate surface area is 147 Å². The zero-order chi connectivity index (χ0) is 17.7. The van der Waals surface area contributed by atoms with Crippen molar-refractivity contribution in [3.8, 4) is 0 Å². The smallest absolute Gasteiger partial charge is 0.247 e. The number of carbonyl (C=O) groups excluding carboxylic acids is 1. The van der Waals surface area contributed by atoms with Gasteiger partial charge in [0, 0.05) is 23.0 Å². The summed E-state index contributed by atoms with van der Waals surface area (Å²) in [6.45, 7) is 4.71. The number of hydrogen-bond donors (Lipinski definition) is 1. The van der Waals surface area contributed by atoms with Crippen LogP contribution in [0.1, 0.15) is 24.6 Å². The molecule has 5 nitrogen and oxygen atoms in total. The number of piperidine rings is 1. The topological polar surface area (TPSA) is 80.5 Å². The molecule has 1 aliphatic heterocycles. The standard InChI is InChI=1S/C12H15NO.C5H7NO2S2/c1-10-6-5-9-13(12(10)14)11-7-3-2-4-8-11;1-4-2-3-5(9-4)10(6,7)8/h2-4,7-8,10H,5-6,9H2,1H3;2-3H,1H3,(H2,6,7,8). The summed E-state index contributed by atoms with van der Waals surface area (Å²) in [6, 6.07) is 13.1. The SMILES string of the molecule is CC1CCCN(c2ccccc2)C1=O.Cc1ccc(S(N)(=O)=O)s1. The number of thiophene rings is 1. The van der Waals surface area contributed by atoms with Crippen LogP contribution in [0.3, 0.4) is 0 Å². The van der Waals surface area contributed by atoms with Gasteiger partial charge in [0.2, 0.25) is 15.9 Å². The second-order valence-corrected chi connectivity index (χ2v) is 8.85. The average Bonchev–Trinajstić information content (AvgIpc) is 2.98. The summed E-state index contributed by atoms with van der Waals surface area (Å²) in [5, 5.41) is 4.85. The number of nitrogens with two attached hydrogens (primary N) is 1. The van der Waals surface area contributed by atoms with Gasteiger partial charge in [-0.25, -0.2) is 13.6 Å². The predicted molar refractivity (Wildman–Crippen MR) is 97.6 cm³/mol. The van der Waals surface area contributed by atoms with Crippen LogP contribution in [-0.4, -0.2) is 20.9 Å². The molecule has 2 N–H and O–H groups in total. The van der Waals surface area contributed by atoms with Crippen LogP contribution in [0.5, 0.6) is 0 Å². The number of para-hydroxylation sites is 1. The van der Waals surface area contributed by atoms with E-state index in [0.29, 0.717) is 0 Å². The summed E-state index contributed by atoms with van der Waals surface area (Å²) in [5.41, 5.74) is 1.03. The van der Waals surface area contributed by atoms with Crippen LogP contribution in [0.4, 0.5) is 5.69 Å². The molecular formula is C17H22N2O3S2. The first-order valence-electron chi connectivity index (χ1n) is 7.74. The van der Waals surface area contributed by atoms with Crippen LogP contribution in [0.15, 0.2) is 46.7 Å². The monoisotopic (exact) mass is 366 g/mol. The average molecular weight is 367 g/mol. The Morgan fingerprint density at radius 2 is 1.83 bits per heavy atom. The summed E-state index contributed by atoms with van der Waals surface area (Å²) in [5.74, 6) is 0.450. The Hall–Kier alpha value is -1.70. The Balaban J connectivity index is 0.000000185. The molecule has 24 heavy (non-hydrogen) atoms. The second-order valence-electron chi connectivity index (χ2n) is 5.78. The Bertz CT molecular complexity index is 785. The van der Waals surface area contributed by atoms with E-state index < -0.39 is 10.0 Å². The molecule has 3 rings (SSSR count). The lowest BCUT2D eigenvalue weighted by Gasteiger charge is -2.30. The number of nitrogens with zero attached hydrogens (tertiary/aromatic N) is 1. The highest BCUT2D eigenvalue weighted by molar-refractivity contribution is 7.91. The number of amides is 1. The third-order valence-corrected chi connectivity index (χ3v) is 6.21. The molecule has 7 heteroatoms. The van der Waals surface area contributed by atoms with E-state index in [-0.39, 0.29) is 16.0 Å². The number of sulfonamides is 1. The largest absolute Gasteiger partial charge is 0.312 e. The van der Waals surface area contributed by atoms with Crippen LogP contribution < -0.4 is 10.0 Å². The van der Waals surface area contributed by atoms with Crippen molar-refractivity contribution in [2.24, 2.45) is 11.1 Å². The van der Waals surface area contributed by atoms with Crippen molar-refractivity contribution in [3.05, 3.63) is 47.3 Å². The van der Waals surface area contributed by atoms with Crippen molar-refractivity contribution in [2.45, 2.75) is 30.9 Å². The summed E-state index contributed by atoms with van der Waals surface area (Å²) < 4.78 is 21.5. The molecule has 1 unspecified atom stereocenters. The molecule has 1 saturated heterocycles. The van der Waals surface area contributed by atoms with Crippen LogP contribution in [0.25, 0.3) is 0 Å². The maximum Gasteiger partial charge on any atom is 0.247 e. The van der Waals surface area contributed by atoms with E-state index >= 15 is 0 Å². The molecule has 1 aromatic carbocycles. The number of carbonyl (C=O) groups is 1. The number of primary sulfonamides is 1. The van der Waals surface area contributed by atoms with E-state index in [1.165, 1.54) is 17.4 Å². The number of aryl methyl sites for hydroxylation is 1. The van der Waals surface area contributed by atoms with Gasteiger partial charge in [-0.2, -0.15) is 0 Å². The molecule has 0 aliphatic carbocycles. The van der Waals surface area contributed by atoms with Crippen LogP contribution in [0.2, 0.25) is 0 Å². The number of benzene rings is 1. The van der Waals surface area contributed by atoms with E-state index in [0.717, 1.165) is 30.0 Å². The van der Waals surface area contributed by atoms with Gasteiger partial charge in [0.25, 0.3) is 0 Å². The zero-order valence-electron chi connectivity index (χ0n) is 13.8. The Morgan fingerprint density at radius 1 is 1.17 bits per heavy atom. The molecule has 1 aliphatic rings. The van der Waals surface area contributed by atoms with Gasteiger partial charge < -0.3 is 4.90 Å². The maximum absolute atomic E-state index is 11.9. The number of hydrogen-bond acceptors (Lipinski definition) is 4. The van der Waals surface area contributed by atoms with Crippen molar-refractivity contribution >= 4 is 33.0 Å². The fourth-order valence-corrected chi connectivity index (χ4v) is 4.19. The molecule has 0 spiro atoms. The molecule has 0 bridgehead atoms. The molecule has 1 fully saturated rings. The van der Waals surface area contributed by atoms with Crippen molar-refractivity contribution < 1.29 is 13.2 Å². The first-order chi connectivity index (χ1) is 11.3. The minimum atomic E-state index is -3.46. The van der Waals surface area contributed by atoms with Crippen LogP contribution in [0, 0.1) is 12.8 Å². The van der Waals surface area contributed by atoms with Crippen LogP contribution >= 0.6 is 11.3 Å². The second kappa shape index (κ2) is 7.92. The van der Waals surface area contributed by atoms with E-state index in [2.05, 4.69) is 0 Å². The highest BCUT2D eigenvalue weighted by Crippen LogP contribution is 2.23. The molecule has 2 aromatic rings. The Morgan fingerprint density at radius 3 is 2.33 bits per heavy atom. The summed E-state index contributed by atoms with van der Waals surface area (Å²) >= 11 is 1.18.